The van der Waals surface area contributed by atoms with Crippen molar-refractivity contribution in [1.29, 1.82) is 0 Å². The maximum Gasteiger partial charge on any atom is 0.273 e. The number of piperidine rings is 1. The topological polar surface area (TPSA) is 93.4 Å². The van der Waals surface area contributed by atoms with Gasteiger partial charge in [-0.1, -0.05) is 12.1 Å². The number of carbonyl (C=O) groups is 1. The van der Waals surface area contributed by atoms with Crippen LogP contribution in [0.15, 0.2) is 16.8 Å². The van der Waals surface area contributed by atoms with Crippen molar-refractivity contribution < 1.29 is 14.1 Å². The fourth-order valence-corrected chi connectivity index (χ4v) is 3.59. The average molecular weight is 371 g/mol. The summed E-state index contributed by atoms with van der Waals surface area (Å²) < 4.78 is 10.7. The number of amides is 1. The van der Waals surface area contributed by atoms with Crippen molar-refractivity contribution in [3.63, 3.8) is 0 Å². The van der Waals surface area contributed by atoms with Crippen LogP contribution < -0.4 is 10.2 Å². The molecule has 2 aromatic rings. The molecule has 0 aliphatic carbocycles. The summed E-state index contributed by atoms with van der Waals surface area (Å²) in [5.41, 5.74) is 2.49. The summed E-state index contributed by atoms with van der Waals surface area (Å²) >= 11 is 0. The Hall–Kier alpha value is -2.48. The highest BCUT2D eigenvalue weighted by Crippen LogP contribution is 2.20. The van der Waals surface area contributed by atoms with Crippen molar-refractivity contribution in [3.05, 3.63) is 35.0 Å². The molecule has 4 heterocycles. The lowest BCUT2D eigenvalue weighted by Crippen LogP contribution is -2.48. The van der Waals surface area contributed by atoms with Crippen molar-refractivity contribution in [3.8, 4) is 0 Å². The molecule has 8 nitrogen and oxygen atoms in total. The zero-order valence-corrected chi connectivity index (χ0v) is 15.6. The summed E-state index contributed by atoms with van der Waals surface area (Å²) in [6.45, 7) is 4.95. The third kappa shape index (κ3) is 4.10. The van der Waals surface area contributed by atoms with Gasteiger partial charge in [0, 0.05) is 49.8 Å². The first-order valence-electron chi connectivity index (χ1n) is 9.67. The standard InChI is InChI=1S/C19H25N5O3/c1-2-4-15-9-17(23-27-15)18(25)21-14-5-3-7-24(11-14)19-20-10-13-12-26-8-6-16(13)22-19/h9-10,14H,2-8,11-12H2,1H3,(H,21,25). The zero-order chi connectivity index (χ0) is 18.6. The summed E-state index contributed by atoms with van der Waals surface area (Å²) in [6, 6.07) is 1.77. The molecule has 4 rings (SSSR count). The normalized spacial score (nSPS) is 19.6. The van der Waals surface area contributed by atoms with Gasteiger partial charge in [-0.25, -0.2) is 9.97 Å². The number of hydrogen-bond acceptors (Lipinski definition) is 7. The molecule has 27 heavy (non-hydrogen) atoms. The molecule has 8 heteroatoms. The monoisotopic (exact) mass is 371 g/mol. The van der Waals surface area contributed by atoms with E-state index in [1.165, 1.54) is 0 Å². The van der Waals surface area contributed by atoms with Crippen LogP contribution in [-0.4, -0.2) is 46.8 Å². The maximum atomic E-state index is 12.5. The molecular weight excluding hydrogens is 346 g/mol. The number of fused-ring (bicyclic) bond motifs is 1. The van der Waals surface area contributed by atoms with Gasteiger partial charge >= 0.3 is 0 Å². The molecule has 0 spiro atoms. The molecule has 0 saturated carbocycles. The lowest BCUT2D eigenvalue weighted by atomic mass is 10.1. The molecule has 1 saturated heterocycles. The predicted molar refractivity (Wildman–Crippen MR) is 98.6 cm³/mol. The Morgan fingerprint density at radius 3 is 3.26 bits per heavy atom. The van der Waals surface area contributed by atoms with E-state index in [0.29, 0.717) is 25.5 Å². The number of hydrogen-bond donors (Lipinski definition) is 1. The van der Waals surface area contributed by atoms with E-state index in [1.807, 2.05) is 6.20 Å². The van der Waals surface area contributed by atoms with Gasteiger partial charge < -0.3 is 19.5 Å². The van der Waals surface area contributed by atoms with Crippen LogP contribution in [-0.2, 0) is 24.2 Å². The molecule has 1 fully saturated rings. The number of anilines is 1. The summed E-state index contributed by atoms with van der Waals surface area (Å²) in [7, 11) is 0. The molecule has 1 atom stereocenters. The SMILES string of the molecule is CCCc1cc(C(=O)NC2CCCN(c3ncc4c(n3)CCOC4)C2)no1. The molecule has 2 aliphatic heterocycles. The van der Waals surface area contributed by atoms with Crippen molar-refractivity contribution in [2.45, 2.75) is 51.7 Å². The van der Waals surface area contributed by atoms with Crippen LogP contribution in [0.1, 0.15) is 53.7 Å². The first-order valence-corrected chi connectivity index (χ1v) is 9.67. The van der Waals surface area contributed by atoms with E-state index in [-0.39, 0.29) is 11.9 Å². The first kappa shape index (κ1) is 17.9. The maximum absolute atomic E-state index is 12.5. The van der Waals surface area contributed by atoms with E-state index >= 15 is 0 Å². The van der Waals surface area contributed by atoms with Gasteiger partial charge in [-0.15, -0.1) is 0 Å². The fraction of sp³-hybridized carbons (Fsp3) is 0.579. The highest BCUT2D eigenvalue weighted by atomic mass is 16.5. The molecule has 0 aromatic carbocycles. The van der Waals surface area contributed by atoms with Gasteiger partial charge in [0.05, 0.1) is 18.9 Å². The minimum absolute atomic E-state index is 0.0422. The van der Waals surface area contributed by atoms with Crippen LogP contribution in [0.2, 0.25) is 0 Å². The van der Waals surface area contributed by atoms with Gasteiger partial charge in [0.25, 0.3) is 5.91 Å². The van der Waals surface area contributed by atoms with E-state index in [2.05, 4.69) is 27.3 Å². The Morgan fingerprint density at radius 1 is 1.44 bits per heavy atom. The lowest BCUT2D eigenvalue weighted by molar-refractivity contribution is 0.0923. The predicted octanol–water partition coefficient (Wildman–Crippen LogP) is 1.89. The van der Waals surface area contributed by atoms with Gasteiger partial charge in [0.1, 0.15) is 5.76 Å². The summed E-state index contributed by atoms with van der Waals surface area (Å²) in [5.74, 6) is 1.30. The van der Waals surface area contributed by atoms with E-state index in [4.69, 9.17) is 14.2 Å². The number of nitrogens with one attached hydrogen (secondary N) is 1. The van der Waals surface area contributed by atoms with Gasteiger partial charge in [0.2, 0.25) is 5.95 Å². The Balaban J connectivity index is 1.39. The van der Waals surface area contributed by atoms with Gasteiger partial charge in [-0.3, -0.25) is 4.79 Å². The van der Waals surface area contributed by atoms with E-state index in [0.717, 1.165) is 61.6 Å². The smallest absolute Gasteiger partial charge is 0.273 e. The fourth-order valence-electron chi connectivity index (χ4n) is 3.59. The molecule has 0 bridgehead atoms. The number of aryl methyl sites for hydroxylation is 1. The Labute approximate surface area is 158 Å². The molecule has 1 unspecified atom stereocenters. The third-order valence-electron chi connectivity index (χ3n) is 5.01. The number of carbonyl (C=O) groups excluding carboxylic acids is 1. The molecule has 2 aliphatic rings. The van der Waals surface area contributed by atoms with Gasteiger partial charge in [-0.2, -0.15) is 0 Å². The third-order valence-corrected chi connectivity index (χ3v) is 5.01. The van der Waals surface area contributed by atoms with Crippen LogP contribution in [0.4, 0.5) is 5.95 Å². The Kier molecular flexibility index (Phi) is 5.33. The van der Waals surface area contributed by atoms with Crippen molar-refractivity contribution in [2.75, 3.05) is 24.6 Å². The van der Waals surface area contributed by atoms with Crippen LogP contribution in [0.3, 0.4) is 0 Å². The quantitative estimate of drug-likeness (QED) is 0.858. The Bertz CT molecular complexity index is 806. The molecule has 144 valence electrons. The number of rotatable bonds is 5. The average Bonchev–Trinajstić information content (AvgIpc) is 3.17. The molecule has 1 N–H and O–H groups in total. The minimum atomic E-state index is -0.184. The number of ether oxygens (including phenoxy) is 1. The highest BCUT2D eigenvalue weighted by Gasteiger charge is 2.25. The van der Waals surface area contributed by atoms with E-state index in [1.54, 1.807) is 6.07 Å². The van der Waals surface area contributed by atoms with Crippen LogP contribution in [0, 0.1) is 0 Å². The summed E-state index contributed by atoms with van der Waals surface area (Å²) in [6.07, 6.45) is 6.35. The minimum Gasteiger partial charge on any atom is -0.376 e. The second kappa shape index (κ2) is 8.04. The van der Waals surface area contributed by atoms with Crippen LogP contribution in [0.25, 0.3) is 0 Å². The number of aromatic nitrogens is 3. The largest absolute Gasteiger partial charge is 0.376 e. The second-order valence-corrected chi connectivity index (χ2v) is 7.13. The lowest BCUT2D eigenvalue weighted by Gasteiger charge is -2.33. The zero-order valence-electron chi connectivity index (χ0n) is 15.6. The van der Waals surface area contributed by atoms with E-state index < -0.39 is 0 Å². The summed E-state index contributed by atoms with van der Waals surface area (Å²) in [4.78, 5) is 23.8. The Morgan fingerprint density at radius 2 is 2.37 bits per heavy atom. The molecule has 1 amide bonds. The van der Waals surface area contributed by atoms with E-state index in [9.17, 15) is 4.79 Å². The summed E-state index contributed by atoms with van der Waals surface area (Å²) in [5, 5.41) is 6.96. The molecule has 0 radical (unpaired) electrons. The second-order valence-electron chi connectivity index (χ2n) is 7.13. The van der Waals surface area contributed by atoms with Crippen molar-refractivity contribution in [1.82, 2.24) is 20.4 Å². The molecular formula is C19H25N5O3. The molecule has 2 aromatic heterocycles. The highest BCUT2D eigenvalue weighted by molar-refractivity contribution is 5.92. The van der Waals surface area contributed by atoms with Crippen LogP contribution >= 0.6 is 0 Å². The van der Waals surface area contributed by atoms with Gasteiger partial charge in [0.15, 0.2) is 5.69 Å². The van der Waals surface area contributed by atoms with Crippen molar-refractivity contribution in [2.24, 2.45) is 0 Å². The number of nitrogens with zero attached hydrogens (tertiary/aromatic N) is 4. The van der Waals surface area contributed by atoms with Gasteiger partial charge in [-0.05, 0) is 19.3 Å². The first-order chi connectivity index (χ1) is 13.2. The van der Waals surface area contributed by atoms with Crippen LogP contribution in [0.5, 0.6) is 0 Å². The van der Waals surface area contributed by atoms with Crippen molar-refractivity contribution >= 4 is 11.9 Å².